The van der Waals surface area contributed by atoms with Crippen LogP contribution >= 0.6 is 11.6 Å². The minimum atomic E-state index is 0.139. The summed E-state index contributed by atoms with van der Waals surface area (Å²) in [7, 11) is 4.13. The Bertz CT molecular complexity index is 377. The Morgan fingerprint density at radius 3 is 2.65 bits per heavy atom. The predicted octanol–water partition coefficient (Wildman–Crippen LogP) is 2.32. The van der Waals surface area contributed by atoms with Crippen LogP contribution in [0, 0.1) is 5.41 Å². The second-order valence-electron chi connectivity index (χ2n) is 5.33. The standard InChI is InChI=1S/C12H21ClN4/c1-12(2,8-17(3)4)7-15-11-9(14)5-6-10(13)16-11/h5-6H,7-8,14H2,1-4H3,(H,15,16). The van der Waals surface area contributed by atoms with Crippen molar-refractivity contribution in [2.45, 2.75) is 13.8 Å². The van der Waals surface area contributed by atoms with Gasteiger partial charge in [0, 0.05) is 13.1 Å². The summed E-state index contributed by atoms with van der Waals surface area (Å²) in [6, 6.07) is 3.45. The highest BCUT2D eigenvalue weighted by Crippen LogP contribution is 2.21. The number of nitrogens with two attached hydrogens (primary N) is 1. The second kappa shape index (κ2) is 5.56. The normalized spacial score (nSPS) is 11.9. The third kappa shape index (κ3) is 4.79. The lowest BCUT2D eigenvalue weighted by Gasteiger charge is -2.28. The molecule has 0 saturated carbocycles. The number of anilines is 2. The Kier molecular flexibility index (Phi) is 4.60. The lowest BCUT2D eigenvalue weighted by Crippen LogP contribution is -2.34. The van der Waals surface area contributed by atoms with Crippen molar-refractivity contribution in [3.05, 3.63) is 17.3 Å². The maximum Gasteiger partial charge on any atom is 0.150 e. The molecule has 0 bridgehead atoms. The first-order valence-corrected chi connectivity index (χ1v) is 5.98. The maximum absolute atomic E-state index is 5.84. The molecule has 0 fully saturated rings. The SMILES string of the molecule is CN(C)CC(C)(C)CNc1nc(Cl)ccc1N. The number of hydrogen-bond donors (Lipinski definition) is 2. The minimum Gasteiger partial charge on any atom is -0.396 e. The number of nitrogen functional groups attached to an aromatic ring is 1. The van der Waals surface area contributed by atoms with Gasteiger partial charge in [-0.2, -0.15) is 0 Å². The minimum absolute atomic E-state index is 0.139. The van der Waals surface area contributed by atoms with Gasteiger partial charge in [0.25, 0.3) is 0 Å². The van der Waals surface area contributed by atoms with Crippen molar-refractivity contribution in [2.24, 2.45) is 5.41 Å². The third-order valence-electron chi connectivity index (χ3n) is 2.37. The first kappa shape index (κ1) is 14.1. The Hall–Kier alpha value is -1.00. The summed E-state index contributed by atoms with van der Waals surface area (Å²) in [6.07, 6.45) is 0. The molecular weight excluding hydrogens is 236 g/mol. The molecule has 0 atom stereocenters. The molecule has 0 amide bonds. The van der Waals surface area contributed by atoms with Crippen LogP contribution < -0.4 is 11.1 Å². The number of hydrogen-bond acceptors (Lipinski definition) is 4. The first-order valence-electron chi connectivity index (χ1n) is 5.61. The van der Waals surface area contributed by atoms with E-state index in [1.807, 2.05) is 0 Å². The van der Waals surface area contributed by atoms with Crippen molar-refractivity contribution in [1.82, 2.24) is 9.88 Å². The van der Waals surface area contributed by atoms with E-state index in [9.17, 15) is 0 Å². The van der Waals surface area contributed by atoms with Gasteiger partial charge in [0.15, 0.2) is 5.82 Å². The number of halogens is 1. The fourth-order valence-electron chi connectivity index (χ4n) is 1.82. The van der Waals surface area contributed by atoms with E-state index in [0.717, 1.165) is 13.1 Å². The van der Waals surface area contributed by atoms with E-state index < -0.39 is 0 Å². The number of aromatic nitrogens is 1. The number of nitrogens with one attached hydrogen (secondary N) is 1. The summed E-state index contributed by atoms with van der Waals surface area (Å²) in [5.41, 5.74) is 6.59. The Balaban J connectivity index is 2.63. The average Bonchev–Trinajstić information content (AvgIpc) is 2.17. The topological polar surface area (TPSA) is 54.2 Å². The van der Waals surface area contributed by atoms with Crippen LogP contribution in [0.5, 0.6) is 0 Å². The predicted molar refractivity (Wildman–Crippen MR) is 74.5 cm³/mol. The highest BCUT2D eigenvalue weighted by Gasteiger charge is 2.19. The molecule has 1 aromatic heterocycles. The molecule has 0 radical (unpaired) electrons. The molecule has 0 unspecified atom stereocenters. The van der Waals surface area contributed by atoms with Crippen LogP contribution in [0.25, 0.3) is 0 Å². The molecule has 17 heavy (non-hydrogen) atoms. The van der Waals surface area contributed by atoms with E-state index in [1.54, 1.807) is 12.1 Å². The lowest BCUT2D eigenvalue weighted by atomic mass is 9.93. The highest BCUT2D eigenvalue weighted by molar-refractivity contribution is 6.29. The molecule has 0 aliphatic rings. The molecule has 1 rings (SSSR count). The summed E-state index contributed by atoms with van der Waals surface area (Å²) in [5.74, 6) is 0.657. The molecule has 0 aromatic carbocycles. The summed E-state index contributed by atoms with van der Waals surface area (Å²) >= 11 is 5.84. The fourth-order valence-corrected chi connectivity index (χ4v) is 1.97. The van der Waals surface area contributed by atoms with Gasteiger partial charge in [-0.15, -0.1) is 0 Å². The van der Waals surface area contributed by atoms with E-state index in [-0.39, 0.29) is 5.41 Å². The highest BCUT2D eigenvalue weighted by atomic mass is 35.5. The van der Waals surface area contributed by atoms with Gasteiger partial charge in [-0.3, -0.25) is 0 Å². The Morgan fingerprint density at radius 2 is 2.06 bits per heavy atom. The van der Waals surface area contributed by atoms with Crippen LogP contribution in [-0.2, 0) is 0 Å². The largest absolute Gasteiger partial charge is 0.396 e. The zero-order valence-electron chi connectivity index (χ0n) is 10.9. The number of nitrogens with zero attached hydrogens (tertiary/aromatic N) is 2. The van der Waals surface area contributed by atoms with Crippen LogP contribution in [0.2, 0.25) is 5.15 Å². The third-order valence-corrected chi connectivity index (χ3v) is 2.58. The van der Waals surface area contributed by atoms with Gasteiger partial charge in [0.2, 0.25) is 0 Å². The molecule has 1 aromatic rings. The summed E-state index contributed by atoms with van der Waals surface area (Å²) in [4.78, 5) is 6.33. The molecule has 96 valence electrons. The van der Waals surface area contributed by atoms with Gasteiger partial charge >= 0.3 is 0 Å². The molecule has 0 spiro atoms. The number of rotatable bonds is 5. The van der Waals surface area contributed by atoms with E-state index in [4.69, 9.17) is 17.3 Å². The van der Waals surface area contributed by atoms with Gasteiger partial charge in [0.05, 0.1) is 5.69 Å². The quantitative estimate of drug-likeness (QED) is 0.794. The molecule has 1 heterocycles. The first-order chi connectivity index (χ1) is 7.80. The number of pyridine rings is 1. The fraction of sp³-hybridized carbons (Fsp3) is 0.583. The van der Waals surface area contributed by atoms with Crippen molar-refractivity contribution >= 4 is 23.1 Å². The molecule has 0 aliphatic carbocycles. The van der Waals surface area contributed by atoms with Crippen LogP contribution in [0.1, 0.15) is 13.8 Å². The molecule has 0 aliphatic heterocycles. The average molecular weight is 257 g/mol. The van der Waals surface area contributed by atoms with Crippen LogP contribution in [0.15, 0.2) is 12.1 Å². The van der Waals surface area contributed by atoms with Crippen LogP contribution in [0.3, 0.4) is 0 Å². The summed E-state index contributed by atoms with van der Waals surface area (Å²) < 4.78 is 0. The Labute approximate surface area is 108 Å². The van der Waals surface area contributed by atoms with Gasteiger partial charge in [-0.05, 0) is 31.6 Å². The molecule has 4 nitrogen and oxygen atoms in total. The zero-order valence-corrected chi connectivity index (χ0v) is 11.7. The van der Waals surface area contributed by atoms with Crippen LogP contribution in [-0.4, -0.2) is 37.1 Å². The van der Waals surface area contributed by atoms with E-state index >= 15 is 0 Å². The second-order valence-corrected chi connectivity index (χ2v) is 5.71. The Morgan fingerprint density at radius 1 is 1.41 bits per heavy atom. The smallest absolute Gasteiger partial charge is 0.150 e. The van der Waals surface area contributed by atoms with Crippen molar-refractivity contribution in [3.8, 4) is 0 Å². The summed E-state index contributed by atoms with van der Waals surface area (Å²) in [6.45, 7) is 6.17. The molecule has 3 N–H and O–H groups in total. The maximum atomic E-state index is 5.84. The van der Waals surface area contributed by atoms with Crippen molar-refractivity contribution in [3.63, 3.8) is 0 Å². The van der Waals surface area contributed by atoms with Crippen molar-refractivity contribution < 1.29 is 0 Å². The lowest BCUT2D eigenvalue weighted by molar-refractivity contribution is 0.254. The molecule has 5 heteroatoms. The zero-order chi connectivity index (χ0) is 13.1. The van der Waals surface area contributed by atoms with E-state index in [1.165, 1.54) is 0 Å². The summed E-state index contributed by atoms with van der Waals surface area (Å²) in [5, 5.41) is 3.70. The van der Waals surface area contributed by atoms with Gasteiger partial charge in [-0.1, -0.05) is 25.4 Å². The van der Waals surface area contributed by atoms with Crippen molar-refractivity contribution in [2.75, 3.05) is 38.2 Å². The van der Waals surface area contributed by atoms with E-state index in [2.05, 4.69) is 43.1 Å². The molecular formula is C12H21ClN4. The molecule has 0 saturated heterocycles. The van der Waals surface area contributed by atoms with Crippen LogP contribution in [0.4, 0.5) is 11.5 Å². The van der Waals surface area contributed by atoms with Gasteiger partial charge in [-0.25, -0.2) is 4.98 Å². The van der Waals surface area contributed by atoms with E-state index in [0.29, 0.717) is 16.7 Å². The van der Waals surface area contributed by atoms with Crippen molar-refractivity contribution in [1.29, 1.82) is 0 Å². The monoisotopic (exact) mass is 256 g/mol. The van der Waals surface area contributed by atoms with Gasteiger partial charge in [0.1, 0.15) is 5.15 Å². The van der Waals surface area contributed by atoms with Gasteiger partial charge < -0.3 is 16.0 Å².